The molecule has 8 nitrogen and oxygen atoms in total. The molecule has 0 radical (unpaired) electrons. The topological polar surface area (TPSA) is 122 Å². The molecule has 1 aromatic carbocycles. The summed E-state index contributed by atoms with van der Waals surface area (Å²) in [4.78, 5) is 53.0. The van der Waals surface area contributed by atoms with E-state index in [-0.39, 0.29) is 30.2 Å². The van der Waals surface area contributed by atoms with Gasteiger partial charge in [0, 0.05) is 29.8 Å². The van der Waals surface area contributed by atoms with Gasteiger partial charge in [0.25, 0.3) is 0 Å². The number of nitrogens with two attached hydrogens (primary N) is 1. The standard InChI is InChI=1S/C22H28N4O4/c1-5-11(3)26-19(28)16-14(8-9-15(23)27)25-22(17(16)20(26)29)13-7-6-10(2)12(4)18(13)24-21(22)30/h6-7,11,14,16-17,25H,5,8-9H2,1-4H3,(H2,23,27)(H,24,30). The fourth-order valence-corrected chi connectivity index (χ4v) is 5.30. The minimum absolute atomic E-state index is 0.0726. The van der Waals surface area contributed by atoms with E-state index in [9.17, 15) is 19.2 Å². The number of hydrogen-bond acceptors (Lipinski definition) is 5. The molecule has 3 heterocycles. The highest BCUT2D eigenvalue weighted by Gasteiger charge is 2.70. The number of benzene rings is 1. The minimum atomic E-state index is -1.32. The molecule has 3 aliphatic rings. The number of primary amides is 1. The van der Waals surface area contributed by atoms with Crippen molar-refractivity contribution in [2.45, 2.75) is 64.6 Å². The van der Waals surface area contributed by atoms with Crippen LogP contribution in [0.5, 0.6) is 0 Å². The summed E-state index contributed by atoms with van der Waals surface area (Å²) < 4.78 is 0. The van der Waals surface area contributed by atoms with Gasteiger partial charge in [0.2, 0.25) is 23.6 Å². The van der Waals surface area contributed by atoms with Crippen molar-refractivity contribution in [1.29, 1.82) is 0 Å². The fourth-order valence-electron chi connectivity index (χ4n) is 5.30. The van der Waals surface area contributed by atoms with Crippen LogP contribution >= 0.6 is 0 Å². The Labute approximate surface area is 175 Å². The van der Waals surface area contributed by atoms with Crippen molar-refractivity contribution in [1.82, 2.24) is 10.2 Å². The summed E-state index contributed by atoms with van der Waals surface area (Å²) in [6.07, 6.45) is 0.993. The molecular weight excluding hydrogens is 384 g/mol. The number of fused-ring (bicyclic) bond motifs is 4. The first-order chi connectivity index (χ1) is 14.1. The molecule has 4 rings (SSSR count). The number of hydrogen-bond donors (Lipinski definition) is 3. The van der Waals surface area contributed by atoms with Crippen LogP contribution < -0.4 is 16.4 Å². The van der Waals surface area contributed by atoms with Gasteiger partial charge in [-0.15, -0.1) is 0 Å². The van der Waals surface area contributed by atoms with Crippen molar-refractivity contribution in [3.63, 3.8) is 0 Å². The van der Waals surface area contributed by atoms with E-state index < -0.39 is 29.3 Å². The van der Waals surface area contributed by atoms with Crippen molar-refractivity contribution < 1.29 is 19.2 Å². The molecule has 4 N–H and O–H groups in total. The van der Waals surface area contributed by atoms with Crippen LogP contribution in [0.1, 0.15) is 49.8 Å². The van der Waals surface area contributed by atoms with E-state index in [1.807, 2.05) is 39.8 Å². The van der Waals surface area contributed by atoms with Crippen molar-refractivity contribution in [2.24, 2.45) is 17.6 Å². The zero-order chi connectivity index (χ0) is 22.0. The van der Waals surface area contributed by atoms with Crippen LogP contribution in [0.15, 0.2) is 12.1 Å². The highest BCUT2D eigenvalue weighted by Crippen LogP contribution is 2.54. The Morgan fingerprint density at radius 1 is 1.23 bits per heavy atom. The van der Waals surface area contributed by atoms with Crippen LogP contribution in [-0.2, 0) is 24.7 Å². The number of amides is 4. The molecular formula is C22H28N4O4. The van der Waals surface area contributed by atoms with Gasteiger partial charge in [-0.1, -0.05) is 19.1 Å². The smallest absolute Gasteiger partial charge is 0.250 e. The second-order valence-corrected chi connectivity index (χ2v) is 8.76. The second kappa shape index (κ2) is 6.91. The maximum absolute atomic E-state index is 13.5. The molecule has 3 aliphatic heterocycles. The van der Waals surface area contributed by atoms with E-state index in [1.54, 1.807) is 0 Å². The summed E-state index contributed by atoms with van der Waals surface area (Å²) in [7, 11) is 0. The molecule has 5 atom stereocenters. The Balaban J connectivity index is 1.87. The van der Waals surface area contributed by atoms with Gasteiger partial charge in [0.1, 0.15) is 5.54 Å². The fraction of sp³-hybridized carbons (Fsp3) is 0.545. The third-order valence-corrected chi connectivity index (χ3v) is 7.19. The van der Waals surface area contributed by atoms with Gasteiger partial charge < -0.3 is 11.1 Å². The Kier molecular flexibility index (Phi) is 4.73. The van der Waals surface area contributed by atoms with Crippen LogP contribution in [0.3, 0.4) is 0 Å². The number of nitrogens with zero attached hydrogens (tertiary/aromatic N) is 1. The summed E-state index contributed by atoms with van der Waals surface area (Å²) in [5, 5.41) is 6.28. The zero-order valence-electron chi connectivity index (χ0n) is 17.7. The van der Waals surface area contributed by atoms with Crippen molar-refractivity contribution in [3.8, 4) is 0 Å². The van der Waals surface area contributed by atoms with Gasteiger partial charge in [0.05, 0.1) is 11.8 Å². The lowest BCUT2D eigenvalue weighted by Gasteiger charge is -2.31. The van der Waals surface area contributed by atoms with E-state index in [1.165, 1.54) is 4.90 Å². The number of anilines is 1. The molecule has 0 saturated carbocycles. The SMILES string of the molecule is CCC(C)N1C(=O)C2C(CCC(N)=O)NC3(C(=O)Nc4c3ccc(C)c4C)C2C1=O. The largest absolute Gasteiger partial charge is 0.370 e. The maximum Gasteiger partial charge on any atom is 0.250 e. The number of nitrogens with one attached hydrogen (secondary N) is 2. The van der Waals surface area contributed by atoms with Gasteiger partial charge in [-0.2, -0.15) is 0 Å². The normalized spacial score (nSPS) is 30.6. The molecule has 30 heavy (non-hydrogen) atoms. The first-order valence-corrected chi connectivity index (χ1v) is 10.5. The van der Waals surface area contributed by atoms with E-state index in [4.69, 9.17) is 5.73 Å². The van der Waals surface area contributed by atoms with E-state index in [0.717, 1.165) is 11.1 Å². The number of imide groups is 1. The average molecular weight is 412 g/mol. The van der Waals surface area contributed by atoms with E-state index >= 15 is 0 Å². The molecule has 8 heteroatoms. The molecule has 2 saturated heterocycles. The Morgan fingerprint density at radius 2 is 1.93 bits per heavy atom. The molecule has 1 aromatic rings. The van der Waals surface area contributed by atoms with E-state index in [2.05, 4.69) is 10.6 Å². The van der Waals surface area contributed by atoms with Crippen molar-refractivity contribution in [2.75, 3.05) is 5.32 Å². The van der Waals surface area contributed by atoms with E-state index in [0.29, 0.717) is 24.1 Å². The first-order valence-electron chi connectivity index (χ1n) is 10.5. The van der Waals surface area contributed by atoms with Crippen LogP contribution in [-0.4, -0.2) is 40.6 Å². The third-order valence-electron chi connectivity index (χ3n) is 7.19. The monoisotopic (exact) mass is 412 g/mol. The summed E-state index contributed by atoms with van der Waals surface area (Å²) >= 11 is 0. The van der Waals surface area contributed by atoms with Crippen LogP contribution in [0.25, 0.3) is 0 Å². The van der Waals surface area contributed by atoms with Crippen molar-refractivity contribution in [3.05, 3.63) is 28.8 Å². The number of rotatable bonds is 5. The molecule has 0 aromatic heterocycles. The molecule has 4 amide bonds. The third kappa shape index (κ3) is 2.56. The predicted octanol–water partition coefficient (Wildman–Crippen LogP) is 1.09. The van der Waals surface area contributed by atoms with Crippen LogP contribution in [0.2, 0.25) is 0 Å². The zero-order valence-corrected chi connectivity index (χ0v) is 17.7. The summed E-state index contributed by atoms with van der Waals surface area (Å²) in [6, 6.07) is 3.04. The highest BCUT2D eigenvalue weighted by molar-refractivity contribution is 6.15. The summed E-state index contributed by atoms with van der Waals surface area (Å²) in [5.41, 5.74) is 7.38. The van der Waals surface area contributed by atoms with Gasteiger partial charge in [0.15, 0.2) is 0 Å². The van der Waals surface area contributed by atoms with Crippen LogP contribution in [0.4, 0.5) is 5.69 Å². The second-order valence-electron chi connectivity index (χ2n) is 8.76. The van der Waals surface area contributed by atoms with Gasteiger partial charge in [-0.3, -0.25) is 29.4 Å². The minimum Gasteiger partial charge on any atom is -0.370 e. The lowest BCUT2D eigenvalue weighted by molar-refractivity contribution is -0.145. The maximum atomic E-state index is 13.5. The molecule has 1 spiro atoms. The lowest BCUT2D eigenvalue weighted by Crippen LogP contribution is -2.54. The Bertz CT molecular complexity index is 974. The number of aryl methyl sites for hydroxylation is 1. The quantitative estimate of drug-likeness (QED) is 0.625. The number of likely N-dealkylation sites (tertiary alicyclic amines) is 1. The summed E-state index contributed by atoms with van der Waals surface area (Å²) in [6.45, 7) is 7.65. The first kappa shape index (κ1) is 20.5. The highest BCUT2D eigenvalue weighted by atomic mass is 16.2. The van der Waals surface area contributed by atoms with Gasteiger partial charge >= 0.3 is 0 Å². The van der Waals surface area contributed by atoms with Gasteiger partial charge in [-0.05, 0) is 44.7 Å². The molecule has 0 bridgehead atoms. The summed E-state index contributed by atoms with van der Waals surface area (Å²) in [5.74, 6) is -2.95. The predicted molar refractivity (Wildman–Crippen MR) is 110 cm³/mol. The van der Waals surface area contributed by atoms with Crippen molar-refractivity contribution >= 4 is 29.3 Å². The molecule has 0 aliphatic carbocycles. The number of carbonyl (C=O) groups excluding carboxylic acids is 4. The van der Waals surface area contributed by atoms with Crippen LogP contribution in [0, 0.1) is 25.7 Å². The lowest BCUT2D eigenvalue weighted by atomic mass is 9.76. The van der Waals surface area contributed by atoms with Gasteiger partial charge in [-0.25, -0.2) is 0 Å². The Hall–Kier alpha value is -2.74. The average Bonchev–Trinajstić information content (AvgIpc) is 3.28. The Morgan fingerprint density at radius 3 is 2.57 bits per heavy atom. The number of carbonyl (C=O) groups is 4. The molecule has 160 valence electrons. The molecule has 2 fully saturated rings. The molecule has 5 unspecified atom stereocenters.